The number of halogens is 1. The molecule has 0 aromatic carbocycles. The Hall–Kier alpha value is -1.89. The van der Waals surface area contributed by atoms with E-state index in [1.165, 1.54) is 6.20 Å². The molecule has 0 bridgehead atoms. The largest absolute Gasteiger partial charge is 0.345 e. The third kappa shape index (κ3) is 2.51. The minimum Gasteiger partial charge on any atom is -0.345 e. The van der Waals surface area contributed by atoms with Gasteiger partial charge in [0.25, 0.3) is 0 Å². The number of amides is 1. The van der Waals surface area contributed by atoms with Gasteiger partial charge in [-0.2, -0.15) is 10.1 Å². The summed E-state index contributed by atoms with van der Waals surface area (Å²) in [5, 5.41) is 11.0. The summed E-state index contributed by atoms with van der Waals surface area (Å²) in [6.45, 7) is 0.312. The van der Waals surface area contributed by atoms with Crippen LogP contribution in [0.25, 0.3) is 0 Å². The van der Waals surface area contributed by atoms with Gasteiger partial charge in [-0.3, -0.25) is 9.48 Å². The first-order valence-corrected chi connectivity index (χ1v) is 5.90. The second kappa shape index (κ2) is 4.41. The van der Waals surface area contributed by atoms with Gasteiger partial charge in [-0.15, -0.1) is 0 Å². The monoisotopic (exact) mass is 267 g/mol. The number of nitrogens with zero attached hydrogens (tertiary/aromatic N) is 4. The van der Waals surface area contributed by atoms with Crippen molar-refractivity contribution in [2.75, 3.05) is 0 Å². The van der Waals surface area contributed by atoms with Crippen LogP contribution < -0.4 is 5.32 Å². The fourth-order valence-corrected chi connectivity index (χ4v) is 1.61. The van der Waals surface area contributed by atoms with Crippen LogP contribution in [0.15, 0.2) is 16.9 Å². The number of carbonyl (C=O) groups excluding carboxylic acids is 1. The van der Waals surface area contributed by atoms with Crippen LogP contribution in [0.5, 0.6) is 0 Å². The lowest BCUT2D eigenvalue weighted by Gasteiger charge is -1.96. The van der Waals surface area contributed by atoms with E-state index in [2.05, 4.69) is 20.6 Å². The molecular weight excluding hydrogens is 258 g/mol. The quantitative estimate of drug-likeness (QED) is 0.888. The summed E-state index contributed by atoms with van der Waals surface area (Å²) in [6, 6.07) is 0.262. The minimum atomic E-state index is -0.324. The van der Waals surface area contributed by atoms with Crippen molar-refractivity contribution in [3.63, 3.8) is 0 Å². The van der Waals surface area contributed by atoms with Gasteiger partial charge >= 0.3 is 11.8 Å². The maximum Gasteiger partial charge on any atom is 0.316 e. The first-order valence-electron chi connectivity index (χ1n) is 5.52. The van der Waals surface area contributed by atoms with Crippen LogP contribution in [0, 0.1) is 0 Å². The highest BCUT2D eigenvalue weighted by Gasteiger charge is 2.26. The van der Waals surface area contributed by atoms with Crippen LogP contribution in [-0.4, -0.2) is 31.9 Å². The van der Waals surface area contributed by atoms with E-state index < -0.39 is 0 Å². The average molecular weight is 268 g/mol. The lowest BCUT2D eigenvalue weighted by molar-refractivity contribution is 0.0907. The second-order valence-electron chi connectivity index (χ2n) is 4.12. The fourth-order valence-electron chi connectivity index (χ4n) is 1.45. The molecule has 1 aliphatic rings. The van der Waals surface area contributed by atoms with Gasteiger partial charge in [0.2, 0.25) is 0 Å². The molecule has 2 heterocycles. The Labute approximate surface area is 107 Å². The van der Waals surface area contributed by atoms with Crippen LogP contribution in [-0.2, 0) is 6.54 Å². The van der Waals surface area contributed by atoms with Gasteiger partial charge in [0, 0.05) is 12.2 Å². The van der Waals surface area contributed by atoms with Crippen molar-refractivity contribution in [3.8, 4) is 0 Å². The lowest BCUT2D eigenvalue weighted by Crippen LogP contribution is -2.25. The zero-order valence-corrected chi connectivity index (χ0v) is 10.1. The molecule has 1 fully saturated rings. The van der Waals surface area contributed by atoms with E-state index >= 15 is 0 Å². The molecule has 0 unspecified atom stereocenters. The van der Waals surface area contributed by atoms with Crippen LogP contribution in [0.4, 0.5) is 0 Å². The van der Waals surface area contributed by atoms with Gasteiger partial charge in [-0.25, -0.2) is 0 Å². The molecular formula is C10H10ClN5O2. The second-order valence-corrected chi connectivity index (χ2v) is 4.56. The minimum absolute atomic E-state index is 0.0184. The highest BCUT2D eigenvalue weighted by atomic mass is 35.5. The molecule has 0 spiro atoms. The standard InChI is InChI=1S/C10H10ClN5O2/c11-6-3-12-16(4-6)5-8-14-10(18-15-8)9(17)13-7-1-2-7/h3-4,7H,1-2,5H2,(H,13,17). The molecule has 3 rings (SSSR count). The summed E-state index contributed by atoms with van der Waals surface area (Å²) >= 11 is 5.73. The number of hydrogen-bond acceptors (Lipinski definition) is 5. The SMILES string of the molecule is O=C(NC1CC1)c1nc(Cn2cc(Cl)cn2)no1. The summed E-state index contributed by atoms with van der Waals surface area (Å²) < 4.78 is 6.45. The third-order valence-corrected chi connectivity index (χ3v) is 2.68. The molecule has 18 heavy (non-hydrogen) atoms. The predicted octanol–water partition coefficient (Wildman–Crippen LogP) is 0.860. The van der Waals surface area contributed by atoms with E-state index in [0.29, 0.717) is 17.4 Å². The summed E-state index contributed by atoms with van der Waals surface area (Å²) in [6.07, 6.45) is 5.18. The number of hydrogen-bond donors (Lipinski definition) is 1. The van der Waals surface area contributed by atoms with Crippen molar-refractivity contribution < 1.29 is 9.32 Å². The molecule has 2 aromatic heterocycles. The fraction of sp³-hybridized carbons (Fsp3) is 0.400. The summed E-state index contributed by atoms with van der Waals surface area (Å²) in [4.78, 5) is 15.6. The first kappa shape index (κ1) is 11.2. The Bertz CT molecular complexity index is 574. The van der Waals surface area contributed by atoms with Gasteiger partial charge in [0.15, 0.2) is 5.82 Å². The molecule has 8 heteroatoms. The Morgan fingerprint density at radius 2 is 2.44 bits per heavy atom. The van der Waals surface area contributed by atoms with Crippen molar-refractivity contribution >= 4 is 17.5 Å². The summed E-state index contributed by atoms with van der Waals surface area (Å²) in [5.74, 6) is 0.0422. The molecule has 0 atom stereocenters. The van der Waals surface area contributed by atoms with Crippen molar-refractivity contribution in [2.45, 2.75) is 25.4 Å². The van der Waals surface area contributed by atoms with E-state index in [1.54, 1.807) is 10.9 Å². The third-order valence-electron chi connectivity index (χ3n) is 2.48. The molecule has 2 aromatic rings. The smallest absolute Gasteiger partial charge is 0.316 e. The summed E-state index contributed by atoms with van der Waals surface area (Å²) in [5.41, 5.74) is 0. The molecule has 1 amide bonds. The van der Waals surface area contributed by atoms with Crippen LogP contribution in [0.1, 0.15) is 29.4 Å². The average Bonchev–Trinajstić information content (AvgIpc) is 2.87. The Balaban J connectivity index is 1.66. The number of nitrogens with one attached hydrogen (secondary N) is 1. The zero-order chi connectivity index (χ0) is 12.5. The molecule has 94 valence electrons. The topological polar surface area (TPSA) is 85.8 Å². The molecule has 0 radical (unpaired) electrons. The van der Waals surface area contributed by atoms with Crippen LogP contribution >= 0.6 is 11.6 Å². The highest BCUT2D eigenvalue weighted by molar-refractivity contribution is 6.30. The number of aromatic nitrogens is 4. The molecule has 1 aliphatic carbocycles. The van der Waals surface area contributed by atoms with Crippen LogP contribution in [0.3, 0.4) is 0 Å². The first-order chi connectivity index (χ1) is 8.70. The molecule has 0 aliphatic heterocycles. The van der Waals surface area contributed by atoms with E-state index in [-0.39, 0.29) is 17.8 Å². The summed E-state index contributed by atoms with van der Waals surface area (Å²) in [7, 11) is 0. The number of rotatable bonds is 4. The maximum atomic E-state index is 11.6. The van der Waals surface area contributed by atoms with Crippen molar-refractivity contribution in [2.24, 2.45) is 0 Å². The van der Waals surface area contributed by atoms with Gasteiger partial charge in [-0.05, 0) is 12.8 Å². The Morgan fingerprint density at radius 1 is 1.61 bits per heavy atom. The van der Waals surface area contributed by atoms with Crippen molar-refractivity contribution in [1.29, 1.82) is 0 Å². The molecule has 7 nitrogen and oxygen atoms in total. The molecule has 1 saturated carbocycles. The zero-order valence-electron chi connectivity index (χ0n) is 9.34. The molecule has 1 N–H and O–H groups in total. The van der Waals surface area contributed by atoms with Crippen molar-refractivity contribution in [1.82, 2.24) is 25.2 Å². The Morgan fingerprint density at radius 3 is 3.11 bits per heavy atom. The van der Waals surface area contributed by atoms with Gasteiger partial charge < -0.3 is 9.84 Å². The lowest BCUT2D eigenvalue weighted by atomic mass is 10.5. The maximum absolute atomic E-state index is 11.6. The van der Waals surface area contributed by atoms with Crippen molar-refractivity contribution in [3.05, 3.63) is 29.1 Å². The molecule has 0 saturated heterocycles. The van der Waals surface area contributed by atoms with Gasteiger partial charge in [-0.1, -0.05) is 16.8 Å². The Kier molecular flexibility index (Phi) is 2.75. The highest BCUT2D eigenvalue weighted by Crippen LogP contribution is 2.19. The van der Waals surface area contributed by atoms with Crippen LogP contribution in [0.2, 0.25) is 5.02 Å². The number of carbonyl (C=O) groups is 1. The van der Waals surface area contributed by atoms with E-state index in [0.717, 1.165) is 12.8 Å². The predicted molar refractivity (Wildman–Crippen MR) is 61.1 cm³/mol. The van der Waals surface area contributed by atoms with E-state index in [1.807, 2.05) is 0 Å². The van der Waals surface area contributed by atoms with E-state index in [9.17, 15) is 4.79 Å². The normalized spacial score (nSPS) is 14.7. The van der Waals surface area contributed by atoms with Gasteiger partial charge in [0.1, 0.15) is 6.54 Å². The van der Waals surface area contributed by atoms with Gasteiger partial charge in [0.05, 0.1) is 11.2 Å². The van der Waals surface area contributed by atoms with E-state index in [4.69, 9.17) is 16.1 Å².